The van der Waals surface area contributed by atoms with Gasteiger partial charge in [0.1, 0.15) is 18.1 Å². The number of benzene rings is 2. The van der Waals surface area contributed by atoms with Crippen molar-refractivity contribution in [3.8, 4) is 17.4 Å². The molecule has 2 heterocycles. The quantitative estimate of drug-likeness (QED) is 0.320. The molecule has 4 rings (SSSR count). The van der Waals surface area contributed by atoms with E-state index in [1.807, 2.05) is 54.6 Å². The Morgan fingerprint density at radius 1 is 0.889 bits per heavy atom. The SMILES string of the molecule is Clc1ccc(Cc2nnc(-c3ccc(COc4ccc(I)cc4)o3)o2)cc1. The smallest absolute Gasteiger partial charge is 0.283 e. The van der Waals surface area contributed by atoms with Crippen molar-refractivity contribution in [3.63, 3.8) is 0 Å². The Bertz CT molecular complexity index is 1030. The van der Waals surface area contributed by atoms with Gasteiger partial charge in [-0.1, -0.05) is 23.7 Å². The summed E-state index contributed by atoms with van der Waals surface area (Å²) < 4.78 is 18.3. The van der Waals surface area contributed by atoms with Gasteiger partial charge in [0, 0.05) is 8.59 Å². The molecule has 0 aliphatic carbocycles. The summed E-state index contributed by atoms with van der Waals surface area (Å²) in [4.78, 5) is 0. The Labute approximate surface area is 174 Å². The normalized spacial score (nSPS) is 10.9. The van der Waals surface area contributed by atoms with Crippen molar-refractivity contribution in [2.24, 2.45) is 0 Å². The first-order valence-corrected chi connectivity index (χ1v) is 9.66. The minimum Gasteiger partial charge on any atom is -0.486 e. The second kappa shape index (κ2) is 8.14. The molecular weight excluding hydrogens is 479 g/mol. The van der Waals surface area contributed by atoms with Crippen molar-refractivity contribution < 1.29 is 13.6 Å². The molecule has 0 spiro atoms. The number of halogens is 2. The van der Waals surface area contributed by atoms with Crippen molar-refractivity contribution in [2.45, 2.75) is 13.0 Å². The topological polar surface area (TPSA) is 61.3 Å². The van der Waals surface area contributed by atoms with Crippen molar-refractivity contribution in [3.05, 3.63) is 86.5 Å². The zero-order chi connectivity index (χ0) is 18.6. The highest BCUT2D eigenvalue weighted by Crippen LogP contribution is 2.23. The Kier molecular flexibility index (Phi) is 5.45. The first-order valence-electron chi connectivity index (χ1n) is 8.20. The predicted molar refractivity (Wildman–Crippen MR) is 110 cm³/mol. The van der Waals surface area contributed by atoms with Crippen LogP contribution in [0, 0.1) is 3.57 Å². The second-order valence-electron chi connectivity index (χ2n) is 5.81. The molecule has 0 amide bonds. The molecule has 2 aromatic carbocycles. The number of nitrogens with zero attached hydrogens (tertiary/aromatic N) is 2. The second-order valence-corrected chi connectivity index (χ2v) is 7.49. The number of hydrogen-bond acceptors (Lipinski definition) is 5. The molecule has 0 aliphatic rings. The van der Waals surface area contributed by atoms with Crippen molar-refractivity contribution >= 4 is 34.2 Å². The summed E-state index contributed by atoms with van der Waals surface area (Å²) in [6.07, 6.45) is 0.535. The molecule has 0 aliphatic heterocycles. The van der Waals surface area contributed by atoms with E-state index in [0.717, 1.165) is 14.9 Å². The van der Waals surface area contributed by atoms with E-state index >= 15 is 0 Å². The van der Waals surface area contributed by atoms with Crippen LogP contribution < -0.4 is 4.74 Å². The summed E-state index contributed by atoms with van der Waals surface area (Å²) in [5, 5.41) is 8.84. The first-order chi connectivity index (χ1) is 13.2. The van der Waals surface area contributed by atoms with Crippen LogP contribution in [0.1, 0.15) is 17.2 Å². The molecule has 0 unspecified atom stereocenters. The Morgan fingerprint density at radius 3 is 2.44 bits per heavy atom. The van der Waals surface area contributed by atoms with E-state index in [0.29, 0.717) is 41.4 Å². The highest BCUT2D eigenvalue weighted by atomic mass is 127. The van der Waals surface area contributed by atoms with E-state index in [1.54, 1.807) is 6.07 Å². The molecule has 0 saturated heterocycles. The lowest BCUT2D eigenvalue weighted by molar-refractivity contribution is 0.271. The Balaban J connectivity index is 1.40. The molecule has 27 heavy (non-hydrogen) atoms. The summed E-state index contributed by atoms with van der Waals surface area (Å²) in [6, 6.07) is 19.0. The number of rotatable bonds is 6. The lowest BCUT2D eigenvalue weighted by Crippen LogP contribution is -1.93. The molecule has 7 heteroatoms. The highest BCUT2D eigenvalue weighted by Gasteiger charge is 2.13. The van der Waals surface area contributed by atoms with Gasteiger partial charge in [0.15, 0.2) is 5.76 Å². The predicted octanol–water partition coefficient (Wildman–Crippen LogP) is 5.76. The fourth-order valence-corrected chi connectivity index (χ4v) is 2.94. The molecule has 5 nitrogen and oxygen atoms in total. The monoisotopic (exact) mass is 492 g/mol. The largest absolute Gasteiger partial charge is 0.486 e. The van der Waals surface area contributed by atoms with Gasteiger partial charge in [-0.15, -0.1) is 10.2 Å². The number of furan rings is 1. The molecule has 0 bridgehead atoms. The van der Waals surface area contributed by atoms with Gasteiger partial charge in [-0.05, 0) is 76.7 Å². The van der Waals surface area contributed by atoms with Crippen LogP contribution in [0.25, 0.3) is 11.7 Å². The molecule has 0 fully saturated rings. The van der Waals surface area contributed by atoms with Crippen molar-refractivity contribution in [2.75, 3.05) is 0 Å². The third kappa shape index (κ3) is 4.70. The van der Waals surface area contributed by atoms with Crippen LogP contribution >= 0.6 is 34.2 Å². The Hall–Kier alpha value is -2.32. The van der Waals surface area contributed by atoms with Crippen LogP contribution in [-0.2, 0) is 13.0 Å². The van der Waals surface area contributed by atoms with Crippen LogP contribution in [0.15, 0.2) is 69.5 Å². The maximum atomic E-state index is 5.90. The summed E-state index contributed by atoms with van der Waals surface area (Å²) >= 11 is 8.15. The summed E-state index contributed by atoms with van der Waals surface area (Å²) in [7, 11) is 0. The summed E-state index contributed by atoms with van der Waals surface area (Å²) in [5.74, 6) is 2.85. The van der Waals surface area contributed by atoms with Gasteiger partial charge in [0.05, 0.1) is 6.42 Å². The van der Waals surface area contributed by atoms with Gasteiger partial charge in [-0.25, -0.2) is 0 Å². The van der Waals surface area contributed by atoms with Crippen LogP contribution in [0.4, 0.5) is 0 Å². The van der Waals surface area contributed by atoms with Crippen LogP contribution in [0.3, 0.4) is 0 Å². The lowest BCUT2D eigenvalue weighted by atomic mass is 10.1. The summed E-state index contributed by atoms with van der Waals surface area (Å²) in [6.45, 7) is 0.326. The van der Waals surface area contributed by atoms with Crippen LogP contribution in [-0.4, -0.2) is 10.2 Å². The van der Waals surface area contributed by atoms with Gasteiger partial charge in [-0.3, -0.25) is 0 Å². The first kappa shape index (κ1) is 18.1. The van der Waals surface area contributed by atoms with Gasteiger partial charge in [-0.2, -0.15) is 0 Å². The number of aromatic nitrogens is 2. The molecule has 4 aromatic rings. The molecule has 0 N–H and O–H groups in total. The van der Waals surface area contributed by atoms with E-state index in [4.69, 9.17) is 25.2 Å². The Morgan fingerprint density at radius 2 is 1.67 bits per heavy atom. The molecular formula is C20H14ClIN2O3. The van der Waals surface area contributed by atoms with E-state index in [2.05, 4.69) is 32.8 Å². The van der Waals surface area contributed by atoms with E-state index in [1.165, 1.54) is 0 Å². The average Bonchev–Trinajstić information content (AvgIpc) is 3.32. The van der Waals surface area contributed by atoms with E-state index < -0.39 is 0 Å². The van der Waals surface area contributed by atoms with Crippen LogP contribution in [0.5, 0.6) is 5.75 Å². The number of hydrogen-bond donors (Lipinski definition) is 0. The van der Waals surface area contributed by atoms with Gasteiger partial charge < -0.3 is 13.6 Å². The van der Waals surface area contributed by atoms with Gasteiger partial charge in [0.2, 0.25) is 5.89 Å². The van der Waals surface area contributed by atoms with Crippen molar-refractivity contribution in [1.29, 1.82) is 0 Å². The van der Waals surface area contributed by atoms with E-state index in [9.17, 15) is 0 Å². The van der Waals surface area contributed by atoms with E-state index in [-0.39, 0.29) is 0 Å². The molecule has 0 radical (unpaired) electrons. The minimum atomic E-state index is 0.326. The van der Waals surface area contributed by atoms with Crippen LogP contribution in [0.2, 0.25) is 5.02 Å². The average molecular weight is 493 g/mol. The van der Waals surface area contributed by atoms with Gasteiger partial charge >= 0.3 is 0 Å². The molecule has 0 atom stereocenters. The molecule has 136 valence electrons. The fraction of sp³-hybridized carbons (Fsp3) is 0.100. The zero-order valence-corrected chi connectivity index (χ0v) is 17.0. The third-order valence-corrected chi connectivity index (χ3v) is 4.77. The van der Waals surface area contributed by atoms with Crippen molar-refractivity contribution in [1.82, 2.24) is 10.2 Å². The standard InChI is InChI=1S/C20H14ClIN2O3/c21-14-3-1-13(2-4-14)11-19-23-24-20(27-19)18-10-9-17(26-18)12-25-16-7-5-15(22)6-8-16/h1-10H,11-12H2. The third-order valence-electron chi connectivity index (χ3n) is 3.80. The fourth-order valence-electron chi connectivity index (χ4n) is 2.46. The zero-order valence-electron chi connectivity index (χ0n) is 14.1. The number of ether oxygens (including phenoxy) is 1. The molecule has 0 saturated carbocycles. The van der Waals surface area contributed by atoms with Gasteiger partial charge in [0.25, 0.3) is 5.89 Å². The highest BCUT2D eigenvalue weighted by molar-refractivity contribution is 14.1. The maximum absolute atomic E-state index is 5.90. The maximum Gasteiger partial charge on any atom is 0.283 e. The minimum absolute atomic E-state index is 0.326. The lowest BCUT2D eigenvalue weighted by Gasteiger charge is -2.03. The summed E-state index contributed by atoms with van der Waals surface area (Å²) in [5.41, 5.74) is 1.04. The molecule has 2 aromatic heterocycles.